The largest absolute Gasteiger partial charge is 0.375 e. The zero-order valence-corrected chi connectivity index (χ0v) is 11.4. The second-order valence-electron chi connectivity index (χ2n) is 4.15. The number of nitrogens with two attached hydrogens (primary N) is 1. The van der Waals surface area contributed by atoms with E-state index in [0.717, 1.165) is 18.5 Å². The maximum absolute atomic E-state index is 5.75. The number of rotatable bonds is 3. The Balaban J connectivity index is 2.50. The van der Waals surface area contributed by atoms with E-state index < -0.39 is 0 Å². The Morgan fingerprint density at radius 2 is 1.88 bits per heavy atom. The summed E-state index contributed by atoms with van der Waals surface area (Å²) >= 11 is 1.55. The third-order valence-electron chi connectivity index (χ3n) is 3.05. The first-order valence-corrected chi connectivity index (χ1v) is 6.82. The number of thiazole rings is 1. The van der Waals surface area contributed by atoms with E-state index in [-0.39, 0.29) is 0 Å². The van der Waals surface area contributed by atoms with Crippen LogP contribution < -0.4 is 5.73 Å². The van der Waals surface area contributed by atoms with Crippen molar-refractivity contribution < 1.29 is 0 Å². The smallest absolute Gasteiger partial charge is 0.180 e. The summed E-state index contributed by atoms with van der Waals surface area (Å²) in [5.74, 6) is 0. The fourth-order valence-electron chi connectivity index (χ4n) is 2.13. The molecule has 2 aromatic rings. The molecular formula is C14H18N2S. The third kappa shape index (κ3) is 2.34. The van der Waals surface area contributed by atoms with Gasteiger partial charge in [0.1, 0.15) is 0 Å². The van der Waals surface area contributed by atoms with Crippen LogP contribution in [0.25, 0.3) is 11.3 Å². The maximum Gasteiger partial charge on any atom is 0.180 e. The topological polar surface area (TPSA) is 38.9 Å². The molecule has 0 aliphatic carbocycles. The van der Waals surface area contributed by atoms with Gasteiger partial charge in [0.15, 0.2) is 5.13 Å². The van der Waals surface area contributed by atoms with Crippen LogP contribution >= 0.6 is 11.3 Å². The highest BCUT2D eigenvalue weighted by atomic mass is 32.1. The average Bonchev–Trinajstić information content (AvgIpc) is 2.67. The summed E-state index contributed by atoms with van der Waals surface area (Å²) < 4.78 is 0. The van der Waals surface area contributed by atoms with Crippen LogP contribution in [0.3, 0.4) is 0 Å². The SMILES string of the molecule is CCc1ccc(-c2nc(N)sc2C)cc1CC. The number of hydrogen-bond donors (Lipinski definition) is 1. The van der Waals surface area contributed by atoms with Gasteiger partial charge in [-0.15, -0.1) is 11.3 Å². The standard InChI is InChI=1S/C14H18N2S/c1-4-10-6-7-12(8-11(10)5-2)13-9(3)17-14(15)16-13/h6-8H,4-5H2,1-3H3,(H2,15,16). The van der Waals surface area contributed by atoms with E-state index in [2.05, 4.69) is 44.0 Å². The van der Waals surface area contributed by atoms with E-state index in [1.807, 2.05) is 0 Å². The molecule has 3 heteroatoms. The molecule has 2 rings (SSSR count). The van der Waals surface area contributed by atoms with Gasteiger partial charge < -0.3 is 5.73 Å². The first kappa shape index (κ1) is 12.1. The van der Waals surface area contributed by atoms with Crippen LogP contribution in [-0.4, -0.2) is 4.98 Å². The van der Waals surface area contributed by atoms with E-state index >= 15 is 0 Å². The first-order valence-electron chi connectivity index (χ1n) is 6.00. The van der Waals surface area contributed by atoms with Crippen molar-refractivity contribution in [3.63, 3.8) is 0 Å². The van der Waals surface area contributed by atoms with Gasteiger partial charge in [-0.25, -0.2) is 4.98 Å². The Labute approximate surface area is 107 Å². The Morgan fingerprint density at radius 1 is 1.18 bits per heavy atom. The fraction of sp³-hybridized carbons (Fsp3) is 0.357. The summed E-state index contributed by atoms with van der Waals surface area (Å²) in [5, 5.41) is 0.648. The van der Waals surface area contributed by atoms with Crippen LogP contribution in [0.15, 0.2) is 18.2 Å². The zero-order valence-electron chi connectivity index (χ0n) is 10.6. The Hall–Kier alpha value is -1.35. The number of aryl methyl sites for hydroxylation is 3. The second-order valence-corrected chi connectivity index (χ2v) is 5.38. The molecule has 0 aliphatic heterocycles. The van der Waals surface area contributed by atoms with Gasteiger partial charge in [0.05, 0.1) is 5.69 Å². The second kappa shape index (κ2) is 4.88. The molecule has 1 aromatic carbocycles. The highest BCUT2D eigenvalue weighted by Gasteiger charge is 2.09. The van der Waals surface area contributed by atoms with Gasteiger partial charge in [-0.2, -0.15) is 0 Å². The van der Waals surface area contributed by atoms with Crippen molar-refractivity contribution in [2.24, 2.45) is 0 Å². The molecule has 0 fully saturated rings. The minimum Gasteiger partial charge on any atom is -0.375 e. The summed E-state index contributed by atoms with van der Waals surface area (Å²) in [4.78, 5) is 5.60. The molecule has 0 unspecified atom stereocenters. The first-order chi connectivity index (χ1) is 8.15. The van der Waals surface area contributed by atoms with Gasteiger partial charge in [0, 0.05) is 10.4 Å². The van der Waals surface area contributed by atoms with E-state index in [1.165, 1.54) is 21.6 Å². The van der Waals surface area contributed by atoms with Crippen molar-refractivity contribution in [1.82, 2.24) is 4.98 Å². The molecule has 1 heterocycles. The van der Waals surface area contributed by atoms with Crippen molar-refractivity contribution in [3.05, 3.63) is 34.2 Å². The fourth-order valence-corrected chi connectivity index (χ4v) is 2.84. The molecule has 0 saturated carbocycles. The predicted molar refractivity (Wildman–Crippen MR) is 75.5 cm³/mol. The highest BCUT2D eigenvalue weighted by molar-refractivity contribution is 7.15. The molecule has 0 spiro atoms. The van der Waals surface area contributed by atoms with Crippen LogP contribution in [0.5, 0.6) is 0 Å². The van der Waals surface area contributed by atoms with Crippen molar-refractivity contribution in [2.75, 3.05) is 5.73 Å². The summed E-state index contributed by atoms with van der Waals surface area (Å²) in [5.41, 5.74) is 10.8. The number of nitrogen functional groups attached to an aromatic ring is 1. The maximum atomic E-state index is 5.75. The lowest BCUT2D eigenvalue weighted by atomic mass is 9.98. The van der Waals surface area contributed by atoms with E-state index in [4.69, 9.17) is 5.73 Å². The molecule has 1 aromatic heterocycles. The van der Waals surface area contributed by atoms with Gasteiger partial charge >= 0.3 is 0 Å². The molecule has 90 valence electrons. The number of benzene rings is 1. The molecule has 0 atom stereocenters. The minimum atomic E-state index is 0.648. The van der Waals surface area contributed by atoms with Crippen molar-refractivity contribution >= 4 is 16.5 Å². The number of anilines is 1. The number of hydrogen-bond acceptors (Lipinski definition) is 3. The van der Waals surface area contributed by atoms with Crippen molar-refractivity contribution in [2.45, 2.75) is 33.6 Å². The van der Waals surface area contributed by atoms with Gasteiger partial charge in [-0.1, -0.05) is 26.0 Å². The Bertz CT molecular complexity index is 529. The van der Waals surface area contributed by atoms with Gasteiger partial charge in [-0.3, -0.25) is 0 Å². The Morgan fingerprint density at radius 3 is 2.41 bits per heavy atom. The molecule has 0 amide bonds. The van der Waals surface area contributed by atoms with Gasteiger partial charge in [0.25, 0.3) is 0 Å². The zero-order chi connectivity index (χ0) is 12.4. The Kier molecular flexibility index (Phi) is 3.48. The molecular weight excluding hydrogens is 228 g/mol. The lowest BCUT2D eigenvalue weighted by Crippen LogP contribution is -1.92. The summed E-state index contributed by atoms with van der Waals surface area (Å²) in [6.07, 6.45) is 2.15. The van der Waals surface area contributed by atoms with Crippen LogP contribution in [0.2, 0.25) is 0 Å². The predicted octanol–water partition coefficient (Wildman–Crippen LogP) is 3.83. The number of nitrogens with zero attached hydrogens (tertiary/aromatic N) is 1. The third-order valence-corrected chi connectivity index (χ3v) is 3.85. The lowest BCUT2D eigenvalue weighted by Gasteiger charge is -2.08. The van der Waals surface area contributed by atoms with Crippen LogP contribution in [0.1, 0.15) is 29.9 Å². The minimum absolute atomic E-state index is 0.648. The average molecular weight is 246 g/mol. The van der Waals surface area contributed by atoms with Crippen LogP contribution in [0.4, 0.5) is 5.13 Å². The van der Waals surface area contributed by atoms with Crippen LogP contribution in [0, 0.1) is 6.92 Å². The monoisotopic (exact) mass is 246 g/mol. The lowest BCUT2D eigenvalue weighted by molar-refractivity contribution is 1.04. The summed E-state index contributed by atoms with van der Waals surface area (Å²) in [6.45, 7) is 6.46. The molecule has 0 bridgehead atoms. The highest BCUT2D eigenvalue weighted by Crippen LogP contribution is 2.30. The van der Waals surface area contributed by atoms with Crippen LogP contribution in [-0.2, 0) is 12.8 Å². The van der Waals surface area contributed by atoms with E-state index in [1.54, 1.807) is 11.3 Å². The number of aromatic nitrogens is 1. The molecule has 2 nitrogen and oxygen atoms in total. The normalized spacial score (nSPS) is 10.8. The van der Waals surface area contributed by atoms with Gasteiger partial charge in [-0.05, 0) is 37.0 Å². The van der Waals surface area contributed by atoms with Crippen molar-refractivity contribution in [1.29, 1.82) is 0 Å². The summed E-state index contributed by atoms with van der Waals surface area (Å²) in [6, 6.07) is 6.61. The summed E-state index contributed by atoms with van der Waals surface area (Å²) in [7, 11) is 0. The van der Waals surface area contributed by atoms with E-state index in [9.17, 15) is 0 Å². The molecule has 17 heavy (non-hydrogen) atoms. The van der Waals surface area contributed by atoms with Crippen molar-refractivity contribution in [3.8, 4) is 11.3 Å². The molecule has 2 N–H and O–H groups in total. The molecule has 0 saturated heterocycles. The van der Waals surface area contributed by atoms with Gasteiger partial charge in [0.2, 0.25) is 0 Å². The van der Waals surface area contributed by atoms with E-state index in [0.29, 0.717) is 5.13 Å². The molecule has 0 radical (unpaired) electrons. The molecule has 0 aliphatic rings. The quantitative estimate of drug-likeness (QED) is 0.894.